The molecule has 0 atom stereocenters. The van der Waals surface area contributed by atoms with E-state index in [1.807, 2.05) is 0 Å². The summed E-state index contributed by atoms with van der Waals surface area (Å²) in [6, 6.07) is 87.3. The lowest BCUT2D eigenvalue weighted by molar-refractivity contribution is 0.661. The van der Waals surface area contributed by atoms with Crippen molar-refractivity contribution in [3.05, 3.63) is 248 Å². The topological polar surface area (TPSA) is 13.1 Å². The molecule has 68 heavy (non-hydrogen) atoms. The molecule has 11 aromatic carbocycles. The van der Waals surface area contributed by atoms with E-state index in [9.17, 15) is 0 Å². The third kappa shape index (κ3) is 5.60. The largest absolute Gasteiger partial charge is 0.310 e. The molecule has 3 nitrogen and oxygen atoms in total. The molecule has 2 aromatic heterocycles. The van der Waals surface area contributed by atoms with Crippen molar-refractivity contribution in [2.24, 2.45) is 0 Å². The molecule has 0 fully saturated rings. The van der Waals surface area contributed by atoms with Crippen LogP contribution in [0.5, 0.6) is 0 Å². The van der Waals surface area contributed by atoms with E-state index in [0.29, 0.717) is 0 Å². The Bertz CT molecular complexity index is 4160. The fraction of sp³-hybridized carbons (Fsp3) is 0.0462. The van der Waals surface area contributed by atoms with Crippen molar-refractivity contribution >= 4 is 82.2 Å². The Kier molecular flexibility index (Phi) is 8.33. The molecule has 1 aliphatic carbocycles. The molecule has 0 saturated carbocycles. The van der Waals surface area contributed by atoms with Gasteiger partial charge < -0.3 is 14.0 Å². The Morgan fingerprint density at radius 2 is 0.912 bits per heavy atom. The third-order valence-electron chi connectivity index (χ3n) is 14.8. The van der Waals surface area contributed by atoms with E-state index >= 15 is 0 Å². The number of benzene rings is 11. The minimum absolute atomic E-state index is 0.269. The lowest BCUT2D eigenvalue weighted by Gasteiger charge is -2.30. The van der Waals surface area contributed by atoms with E-state index in [0.717, 1.165) is 17.1 Å². The second-order valence-corrected chi connectivity index (χ2v) is 18.9. The molecule has 320 valence electrons. The number of anilines is 3. The van der Waals surface area contributed by atoms with Crippen LogP contribution in [0.4, 0.5) is 17.1 Å². The molecule has 0 N–H and O–H groups in total. The van der Waals surface area contributed by atoms with Gasteiger partial charge in [0, 0.05) is 60.5 Å². The monoisotopic (exact) mass is 867 g/mol. The maximum Gasteiger partial charge on any atom is 0.0619 e. The number of nitrogens with zero attached hydrogens (tertiary/aromatic N) is 3. The van der Waals surface area contributed by atoms with Crippen molar-refractivity contribution in [3.8, 4) is 33.6 Å². The molecular formula is C65H45N3. The first-order chi connectivity index (χ1) is 33.5. The van der Waals surface area contributed by atoms with Gasteiger partial charge in [0.25, 0.3) is 0 Å². The van der Waals surface area contributed by atoms with Crippen molar-refractivity contribution in [3.63, 3.8) is 0 Å². The molecule has 13 aromatic rings. The Morgan fingerprint density at radius 1 is 0.353 bits per heavy atom. The number of hydrogen-bond donors (Lipinski definition) is 0. The molecule has 0 unspecified atom stereocenters. The highest BCUT2D eigenvalue weighted by Crippen LogP contribution is 2.55. The second-order valence-electron chi connectivity index (χ2n) is 18.9. The number of para-hydroxylation sites is 5. The first-order valence-corrected chi connectivity index (χ1v) is 23.7. The summed E-state index contributed by atoms with van der Waals surface area (Å²) in [7, 11) is 0. The van der Waals surface area contributed by atoms with Crippen LogP contribution in [0.3, 0.4) is 0 Å². The van der Waals surface area contributed by atoms with E-state index in [-0.39, 0.29) is 5.41 Å². The van der Waals surface area contributed by atoms with Crippen LogP contribution in [0.2, 0.25) is 0 Å². The lowest BCUT2D eigenvalue weighted by Crippen LogP contribution is -2.17. The maximum atomic E-state index is 2.49. The Balaban J connectivity index is 0.921. The van der Waals surface area contributed by atoms with Crippen molar-refractivity contribution in [1.29, 1.82) is 0 Å². The van der Waals surface area contributed by atoms with Gasteiger partial charge in [0.2, 0.25) is 0 Å². The summed E-state index contributed by atoms with van der Waals surface area (Å²) >= 11 is 0. The first kappa shape index (κ1) is 38.6. The molecule has 3 heteroatoms. The minimum atomic E-state index is -0.269. The fourth-order valence-corrected chi connectivity index (χ4v) is 11.7. The molecule has 2 heterocycles. The summed E-state index contributed by atoms with van der Waals surface area (Å²) in [5.41, 5.74) is 18.1. The molecule has 0 bridgehead atoms. The van der Waals surface area contributed by atoms with Crippen LogP contribution >= 0.6 is 0 Å². The average Bonchev–Trinajstić information content (AvgIpc) is 4.00. The van der Waals surface area contributed by atoms with Crippen LogP contribution in [0.25, 0.3) is 98.8 Å². The van der Waals surface area contributed by atoms with Crippen molar-refractivity contribution in [1.82, 2.24) is 9.13 Å². The van der Waals surface area contributed by atoms with Gasteiger partial charge in [0.1, 0.15) is 0 Å². The summed E-state index contributed by atoms with van der Waals surface area (Å²) < 4.78 is 4.82. The van der Waals surface area contributed by atoms with Crippen LogP contribution < -0.4 is 4.90 Å². The van der Waals surface area contributed by atoms with Crippen LogP contribution in [0, 0.1) is 0 Å². The zero-order valence-corrected chi connectivity index (χ0v) is 37.9. The summed E-state index contributed by atoms with van der Waals surface area (Å²) in [5, 5.41) is 9.99. The van der Waals surface area contributed by atoms with Crippen LogP contribution in [-0.4, -0.2) is 9.13 Å². The van der Waals surface area contributed by atoms with Gasteiger partial charge in [0.15, 0.2) is 0 Å². The predicted molar refractivity (Wildman–Crippen MR) is 288 cm³/mol. The van der Waals surface area contributed by atoms with Gasteiger partial charge in [-0.3, -0.25) is 0 Å². The quantitative estimate of drug-likeness (QED) is 0.162. The number of hydrogen-bond acceptors (Lipinski definition) is 1. The normalized spacial score (nSPS) is 13.0. The van der Waals surface area contributed by atoms with Crippen LogP contribution in [0.15, 0.2) is 237 Å². The molecule has 0 spiro atoms. The average molecular weight is 868 g/mol. The smallest absolute Gasteiger partial charge is 0.0619 e. The number of fused-ring (bicyclic) bond motifs is 13. The maximum absolute atomic E-state index is 2.49. The van der Waals surface area contributed by atoms with Gasteiger partial charge in [-0.2, -0.15) is 0 Å². The molecular weight excluding hydrogens is 823 g/mol. The summed E-state index contributed by atoms with van der Waals surface area (Å²) in [6.45, 7) is 4.83. The molecule has 0 aliphatic heterocycles. The Morgan fingerprint density at radius 3 is 1.65 bits per heavy atom. The molecule has 0 amide bonds. The predicted octanol–water partition coefficient (Wildman–Crippen LogP) is 17.6. The van der Waals surface area contributed by atoms with Crippen molar-refractivity contribution in [2.75, 3.05) is 4.90 Å². The van der Waals surface area contributed by atoms with Crippen LogP contribution in [-0.2, 0) is 5.41 Å². The Hall–Kier alpha value is -8.66. The molecule has 14 rings (SSSR count). The molecule has 0 saturated heterocycles. The molecule has 0 radical (unpaired) electrons. The van der Waals surface area contributed by atoms with Crippen molar-refractivity contribution in [2.45, 2.75) is 19.3 Å². The second kappa shape index (κ2) is 14.7. The van der Waals surface area contributed by atoms with E-state index in [1.54, 1.807) is 0 Å². The standard InChI is InChI=1S/C65H45N3/c1-65(2)57-39-43(42-30-34-49-44(38-42)32-35-54-51-25-14-17-29-60(51)68(64(49)54)47-22-10-5-11-23-47)31-36-55(57)63-53-27-13-12-24-50(53)62(41-58(63)65)66(45-18-6-3-7-19-45)48-33-37-61-56(40-48)52-26-15-16-28-59(52)67(61)46-20-8-4-9-21-46/h3-41H,1-2H3. The summed E-state index contributed by atoms with van der Waals surface area (Å²) in [4.78, 5) is 2.48. The highest BCUT2D eigenvalue weighted by molar-refractivity contribution is 6.19. The summed E-state index contributed by atoms with van der Waals surface area (Å²) in [6.07, 6.45) is 0. The highest BCUT2D eigenvalue weighted by atomic mass is 15.1. The summed E-state index contributed by atoms with van der Waals surface area (Å²) in [5.74, 6) is 0. The van der Waals surface area contributed by atoms with Gasteiger partial charge in [-0.25, -0.2) is 0 Å². The van der Waals surface area contributed by atoms with Crippen LogP contribution in [0.1, 0.15) is 25.0 Å². The SMILES string of the molecule is CC1(C)c2cc(-c3ccc4c(ccc5c6ccccc6n(-c6ccccc6)c45)c3)ccc2-c2c1cc(N(c1ccccc1)c1ccc3c(c1)c1ccccc1n3-c1ccccc1)c1ccccc21. The number of rotatable bonds is 6. The zero-order valence-electron chi connectivity index (χ0n) is 37.9. The van der Waals surface area contributed by atoms with E-state index in [1.165, 1.54) is 110 Å². The molecule has 1 aliphatic rings. The van der Waals surface area contributed by atoms with Gasteiger partial charge in [0.05, 0.1) is 27.8 Å². The fourth-order valence-electron chi connectivity index (χ4n) is 11.7. The third-order valence-corrected chi connectivity index (χ3v) is 14.8. The van der Waals surface area contributed by atoms with Gasteiger partial charge >= 0.3 is 0 Å². The number of aromatic nitrogens is 2. The van der Waals surface area contributed by atoms with Crippen molar-refractivity contribution < 1.29 is 0 Å². The van der Waals surface area contributed by atoms with E-state index in [4.69, 9.17) is 0 Å². The van der Waals surface area contributed by atoms with E-state index in [2.05, 4.69) is 264 Å². The zero-order chi connectivity index (χ0) is 45.1. The van der Waals surface area contributed by atoms with Gasteiger partial charge in [-0.1, -0.05) is 166 Å². The first-order valence-electron chi connectivity index (χ1n) is 23.7. The van der Waals surface area contributed by atoms with E-state index < -0.39 is 0 Å². The lowest BCUT2D eigenvalue weighted by atomic mass is 9.81. The Labute approximate surface area is 395 Å². The minimum Gasteiger partial charge on any atom is -0.310 e. The van der Waals surface area contributed by atoms with Gasteiger partial charge in [-0.15, -0.1) is 0 Å². The van der Waals surface area contributed by atoms with Gasteiger partial charge in [-0.05, 0) is 129 Å². The highest BCUT2D eigenvalue weighted by Gasteiger charge is 2.38.